The minimum atomic E-state index is -0.335. The van der Waals surface area contributed by atoms with Crippen LogP contribution in [0, 0.1) is 5.92 Å². The minimum Gasteiger partial charge on any atom is -0.465 e. The Bertz CT molecular complexity index is 578. The van der Waals surface area contributed by atoms with Crippen molar-refractivity contribution in [2.45, 2.75) is 32.7 Å². The van der Waals surface area contributed by atoms with E-state index in [-0.39, 0.29) is 17.8 Å². The first-order chi connectivity index (χ1) is 10.1. The summed E-state index contributed by atoms with van der Waals surface area (Å²) in [7, 11) is 1.39. The molecule has 1 saturated carbocycles. The summed E-state index contributed by atoms with van der Waals surface area (Å²) < 4.78 is 4.92. The number of ether oxygens (including phenoxy) is 1. The maximum atomic E-state index is 12.1. The van der Waals surface area contributed by atoms with Crippen LogP contribution in [0.2, 0.25) is 0 Å². The van der Waals surface area contributed by atoms with E-state index >= 15 is 0 Å². The fourth-order valence-corrected chi connectivity index (χ4v) is 4.11. The number of thiophene rings is 1. The second kappa shape index (κ2) is 5.77. The molecule has 1 aromatic heterocycles. The number of amides is 1. The van der Waals surface area contributed by atoms with E-state index in [2.05, 4.69) is 12.2 Å². The molecular formula is C15H21N2O3S+. The van der Waals surface area contributed by atoms with Crippen molar-refractivity contribution >= 4 is 28.2 Å². The van der Waals surface area contributed by atoms with E-state index in [1.54, 1.807) is 11.3 Å². The Kier molecular flexibility index (Phi) is 3.99. The van der Waals surface area contributed by atoms with Gasteiger partial charge in [0, 0.05) is 12.3 Å². The highest BCUT2D eigenvalue weighted by molar-refractivity contribution is 7.17. The third-order valence-electron chi connectivity index (χ3n) is 4.30. The lowest BCUT2D eigenvalue weighted by Crippen LogP contribution is -3.11. The lowest BCUT2D eigenvalue weighted by molar-refractivity contribution is -0.913. The maximum Gasteiger partial charge on any atom is 0.341 e. The van der Waals surface area contributed by atoms with Crippen LogP contribution in [0.15, 0.2) is 0 Å². The maximum absolute atomic E-state index is 12.1. The van der Waals surface area contributed by atoms with E-state index in [1.807, 2.05) is 0 Å². The predicted octanol–water partition coefficient (Wildman–Crippen LogP) is 0.844. The van der Waals surface area contributed by atoms with E-state index in [4.69, 9.17) is 4.74 Å². The first-order valence-corrected chi connectivity index (χ1v) is 8.33. The Morgan fingerprint density at radius 3 is 2.81 bits per heavy atom. The number of fused-ring (bicyclic) bond motifs is 1. The first-order valence-electron chi connectivity index (χ1n) is 7.51. The smallest absolute Gasteiger partial charge is 0.341 e. The Morgan fingerprint density at radius 1 is 1.43 bits per heavy atom. The first kappa shape index (κ1) is 14.5. The lowest BCUT2D eigenvalue weighted by atomic mass is 10.0. The molecule has 0 aromatic carbocycles. The third-order valence-corrected chi connectivity index (χ3v) is 5.45. The van der Waals surface area contributed by atoms with Gasteiger partial charge in [-0.25, -0.2) is 4.79 Å². The molecule has 0 radical (unpaired) electrons. The van der Waals surface area contributed by atoms with Gasteiger partial charge < -0.3 is 15.0 Å². The average Bonchev–Trinajstić information content (AvgIpc) is 3.28. The van der Waals surface area contributed by atoms with Gasteiger partial charge in [-0.1, -0.05) is 0 Å². The number of quaternary nitrogens is 1. The van der Waals surface area contributed by atoms with Crippen molar-refractivity contribution in [3.05, 3.63) is 16.0 Å². The zero-order valence-electron chi connectivity index (χ0n) is 12.5. The molecule has 21 heavy (non-hydrogen) atoms. The van der Waals surface area contributed by atoms with Crippen LogP contribution in [0.5, 0.6) is 0 Å². The SMILES string of the molecule is CC[NH+]1CCc2c(sc(NC(=O)C3CC3)c2C(=O)OC)C1. The zero-order valence-corrected chi connectivity index (χ0v) is 13.3. The molecule has 0 spiro atoms. The second-order valence-corrected chi connectivity index (χ2v) is 6.85. The van der Waals surface area contributed by atoms with Gasteiger partial charge in [0.2, 0.25) is 5.91 Å². The largest absolute Gasteiger partial charge is 0.465 e. The number of carbonyl (C=O) groups excluding carboxylic acids is 2. The number of hydrogen-bond acceptors (Lipinski definition) is 4. The van der Waals surface area contributed by atoms with Crippen molar-refractivity contribution in [2.75, 3.05) is 25.5 Å². The molecular weight excluding hydrogens is 288 g/mol. The van der Waals surface area contributed by atoms with Gasteiger partial charge in [-0.3, -0.25) is 4.79 Å². The predicted molar refractivity (Wildman–Crippen MR) is 80.8 cm³/mol. The Balaban J connectivity index is 1.92. The van der Waals surface area contributed by atoms with Gasteiger partial charge in [0.25, 0.3) is 0 Å². The van der Waals surface area contributed by atoms with E-state index in [9.17, 15) is 9.59 Å². The normalized spacial score (nSPS) is 20.8. The molecule has 1 aliphatic heterocycles. The van der Waals surface area contributed by atoms with Crippen LogP contribution in [0.4, 0.5) is 5.00 Å². The molecule has 1 aromatic rings. The molecule has 3 rings (SSSR count). The highest BCUT2D eigenvalue weighted by Gasteiger charge is 2.34. The molecule has 5 nitrogen and oxygen atoms in total. The lowest BCUT2D eigenvalue weighted by Gasteiger charge is -2.22. The molecule has 1 amide bonds. The summed E-state index contributed by atoms with van der Waals surface area (Å²) >= 11 is 1.54. The summed E-state index contributed by atoms with van der Waals surface area (Å²) in [5.74, 6) is -0.163. The number of hydrogen-bond donors (Lipinski definition) is 2. The molecule has 2 aliphatic rings. The van der Waals surface area contributed by atoms with Crippen LogP contribution in [-0.2, 0) is 22.5 Å². The van der Waals surface area contributed by atoms with Gasteiger partial charge in [-0.05, 0) is 25.3 Å². The zero-order chi connectivity index (χ0) is 15.0. The van der Waals surface area contributed by atoms with E-state index in [1.165, 1.54) is 16.9 Å². The van der Waals surface area contributed by atoms with Gasteiger partial charge in [-0.2, -0.15) is 0 Å². The minimum absolute atomic E-state index is 0.0402. The molecule has 2 heterocycles. The number of esters is 1. The van der Waals surface area contributed by atoms with Crippen LogP contribution in [0.1, 0.15) is 40.6 Å². The monoisotopic (exact) mass is 309 g/mol. The summed E-state index contributed by atoms with van der Waals surface area (Å²) in [5, 5.41) is 3.63. The van der Waals surface area contributed by atoms with Crippen molar-refractivity contribution in [1.29, 1.82) is 0 Å². The Labute approximate surface area is 128 Å². The molecule has 1 aliphatic carbocycles. The highest BCUT2D eigenvalue weighted by Crippen LogP contribution is 2.37. The fraction of sp³-hybridized carbons (Fsp3) is 0.600. The van der Waals surface area contributed by atoms with E-state index < -0.39 is 0 Å². The van der Waals surface area contributed by atoms with Crippen molar-refractivity contribution in [1.82, 2.24) is 0 Å². The highest BCUT2D eigenvalue weighted by atomic mass is 32.1. The van der Waals surface area contributed by atoms with E-state index in [0.717, 1.165) is 44.5 Å². The quantitative estimate of drug-likeness (QED) is 0.811. The van der Waals surface area contributed by atoms with Crippen molar-refractivity contribution in [3.8, 4) is 0 Å². The fourth-order valence-electron chi connectivity index (χ4n) is 2.80. The molecule has 1 fully saturated rings. The van der Waals surface area contributed by atoms with Crippen molar-refractivity contribution < 1.29 is 19.2 Å². The standard InChI is InChI=1S/C15H20N2O3S/c1-3-17-7-6-10-11(8-17)21-14(12(10)15(19)20-2)16-13(18)9-4-5-9/h9H,3-8H2,1-2H3,(H,16,18)/p+1. The van der Waals surface area contributed by atoms with Crippen LogP contribution in [0.3, 0.4) is 0 Å². The second-order valence-electron chi connectivity index (χ2n) is 5.74. The van der Waals surface area contributed by atoms with Gasteiger partial charge in [0.15, 0.2) is 0 Å². The third kappa shape index (κ3) is 2.82. The van der Waals surface area contributed by atoms with Gasteiger partial charge in [0.1, 0.15) is 11.5 Å². The summed E-state index contributed by atoms with van der Waals surface area (Å²) in [5.41, 5.74) is 1.66. The van der Waals surface area contributed by atoms with Crippen molar-refractivity contribution in [3.63, 3.8) is 0 Å². The Hall–Kier alpha value is -1.40. The molecule has 114 valence electrons. The molecule has 1 unspecified atom stereocenters. The summed E-state index contributed by atoms with van der Waals surface area (Å²) in [6.45, 7) is 5.21. The average molecular weight is 309 g/mol. The summed E-state index contributed by atoms with van der Waals surface area (Å²) in [4.78, 5) is 26.8. The number of methoxy groups -OCH3 is 1. The molecule has 0 bridgehead atoms. The van der Waals surface area contributed by atoms with Gasteiger partial charge >= 0.3 is 5.97 Å². The van der Waals surface area contributed by atoms with Crippen molar-refractivity contribution in [2.24, 2.45) is 5.92 Å². The molecule has 2 N–H and O–H groups in total. The van der Waals surface area contributed by atoms with Crippen LogP contribution >= 0.6 is 11.3 Å². The van der Waals surface area contributed by atoms with Crippen LogP contribution in [0.25, 0.3) is 0 Å². The van der Waals surface area contributed by atoms with Crippen LogP contribution < -0.4 is 10.2 Å². The number of anilines is 1. The summed E-state index contributed by atoms with van der Waals surface area (Å²) in [6.07, 6.45) is 2.79. The van der Waals surface area contributed by atoms with Gasteiger partial charge in [0.05, 0.1) is 30.6 Å². The number of rotatable bonds is 4. The topological polar surface area (TPSA) is 59.8 Å². The Morgan fingerprint density at radius 2 is 2.19 bits per heavy atom. The number of carbonyl (C=O) groups is 2. The molecule has 0 saturated heterocycles. The molecule has 6 heteroatoms. The van der Waals surface area contributed by atoms with E-state index in [0.29, 0.717) is 10.6 Å². The van der Waals surface area contributed by atoms with Crippen LogP contribution in [-0.4, -0.2) is 32.1 Å². The molecule has 1 atom stereocenters. The number of nitrogens with one attached hydrogen (secondary N) is 2. The van der Waals surface area contributed by atoms with Gasteiger partial charge in [-0.15, -0.1) is 11.3 Å². The summed E-state index contributed by atoms with van der Waals surface area (Å²) in [6, 6.07) is 0. The number of likely N-dealkylation sites (N-methyl/N-ethyl adjacent to an activating group) is 1.